The van der Waals surface area contributed by atoms with Gasteiger partial charge in [-0.1, -0.05) is 18.2 Å². The van der Waals surface area contributed by atoms with Gasteiger partial charge in [0.05, 0.1) is 42.8 Å². The van der Waals surface area contributed by atoms with E-state index in [0.717, 1.165) is 36.7 Å². The molecule has 6 rings (SSSR count). The maximum absolute atomic E-state index is 15.1. The molecular formula is C35H29F6N7O3. The predicted molar refractivity (Wildman–Crippen MR) is 175 cm³/mol. The Labute approximate surface area is 287 Å². The van der Waals surface area contributed by atoms with E-state index in [-0.39, 0.29) is 78.6 Å². The first-order valence-corrected chi connectivity index (χ1v) is 15.6. The molecule has 264 valence electrons. The minimum absolute atomic E-state index is 0.00588. The zero-order chi connectivity index (χ0) is 36.1. The number of hydrogen-bond acceptors (Lipinski definition) is 9. The van der Waals surface area contributed by atoms with Crippen molar-refractivity contribution in [1.82, 2.24) is 29.7 Å². The lowest BCUT2D eigenvalue weighted by Crippen LogP contribution is -2.16. The van der Waals surface area contributed by atoms with Gasteiger partial charge in [-0.3, -0.25) is 19.5 Å². The van der Waals surface area contributed by atoms with Crippen LogP contribution in [0.3, 0.4) is 0 Å². The zero-order valence-corrected chi connectivity index (χ0v) is 26.9. The van der Waals surface area contributed by atoms with Crippen LogP contribution in [-0.4, -0.2) is 54.6 Å². The summed E-state index contributed by atoms with van der Waals surface area (Å²) in [5.74, 6) is -1.69. The lowest BCUT2D eigenvalue weighted by Gasteiger charge is -2.26. The lowest BCUT2D eigenvalue weighted by molar-refractivity contribution is 0.146. The molecule has 4 heterocycles. The Morgan fingerprint density at radius 2 is 1.49 bits per heavy atom. The van der Waals surface area contributed by atoms with Crippen LogP contribution in [-0.2, 0) is 6.54 Å². The molecule has 0 aliphatic carbocycles. The van der Waals surface area contributed by atoms with E-state index in [2.05, 4.69) is 20.1 Å². The van der Waals surface area contributed by atoms with E-state index in [4.69, 9.17) is 14.5 Å². The summed E-state index contributed by atoms with van der Waals surface area (Å²) in [6.07, 6.45) is -2.12. The van der Waals surface area contributed by atoms with Crippen molar-refractivity contribution >= 4 is 28.1 Å². The largest absolute Gasteiger partial charge is 0.494 e. The first-order chi connectivity index (χ1) is 24.7. The van der Waals surface area contributed by atoms with Crippen LogP contribution in [0, 0.1) is 11.6 Å². The normalized spacial score (nSPS) is 11.5. The highest BCUT2D eigenvalue weighted by Gasteiger charge is 2.26. The second-order valence-corrected chi connectivity index (χ2v) is 10.9. The number of nitrogens with zero attached hydrogens (tertiary/aromatic N) is 7. The van der Waals surface area contributed by atoms with E-state index in [1.807, 2.05) is 0 Å². The number of aromatic nitrogens is 6. The highest BCUT2D eigenvalue weighted by Crippen LogP contribution is 2.41. The van der Waals surface area contributed by atoms with Crippen molar-refractivity contribution in [1.29, 1.82) is 0 Å². The number of halogens is 6. The molecule has 0 fully saturated rings. The molecule has 0 aliphatic heterocycles. The fourth-order valence-corrected chi connectivity index (χ4v) is 5.31. The molecule has 2 aromatic carbocycles. The molecule has 0 unspecified atom stereocenters. The van der Waals surface area contributed by atoms with E-state index in [1.165, 1.54) is 27.9 Å². The molecule has 0 saturated heterocycles. The average molecular weight is 710 g/mol. The summed E-state index contributed by atoms with van der Waals surface area (Å²) in [4.78, 5) is 18.0. The number of fused-ring (bicyclic) bond motifs is 1. The summed E-state index contributed by atoms with van der Waals surface area (Å²) in [6, 6.07) is 14.0. The molecule has 0 atom stereocenters. The number of anilines is 3. The van der Waals surface area contributed by atoms with Gasteiger partial charge in [0.25, 0.3) is 12.9 Å². The molecule has 16 heteroatoms. The van der Waals surface area contributed by atoms with Crippen LogP contribution in [0.1, 0.15) is 43.1 Å². The second kappa shape index (κ2) is 15.4. The first-order valence-electron chi connectivity index (χ1n) is 15.6. The number of pyridine rings is 2. The fraction of sp³-hybridized carbons (Fsp3) is 0.229. The van der Waals surface area contributed by atoms with Crippen LogP contribution < -0.4 is 14.4 Å². The van der Waals surface area contributed by atoms with Gasteiger partial charge in [0.1, 0.15) is 34.5 Å². The highest BCUT2D eigenvalue weighted by atomic mass is 19.3. The van der Waals surface area contributed by atoms with E-state index < -0.39 is 35.9 Å². The van der Waals surface area contributed by atoms with Crippen molar-refractivity contribution in [2.24, 2.45) is 0 Å². The fourth-order valence-electron chi connectivity index (χ4n) is 5.31. The summed E-state index contributed by atoms with van der Waals surface area (Å²) in [5.41, 5.74) is -0.630. The maximum atomic E-state index is 15.1. The van der Waals surface area contributed by atoms with Crippen LogP contribution in [0.25, 0.3) is 22.4 Å². The van der Waals surface area contributed by atoms with Crippen LogP contribution >= 0.6 is 0 Å². The number of hydrogen-bond donors (Lipinski definition) is 1. The van der Waals surface area contributed by atoms with Gasteiger partial charge in [-0.2, -0.15) is 5.10 Å². The number of rotatable bonds is 14. The standard InChI is InChI=1S/C35H29F6N7O3/c1-2-50-22-16-25(36)24(26(37)17-22)19-47-29-7-4-3-6-23(29)31(46-47)34-44-18-30(51-13-5-12-49)35(45-34)48(20-8-10-42-27(14-20)32(38)39)21-9-11-43-28(15-21)33(40)41/h3-4,6-11,14-18,32-33,49H,2,5,12-13,19H2,1H3. The van der Waals surface area contributed by atoms with Crippen molar-refractivity contribution in [3.63, 3.8) is 0 Å². The molecule has 1 N–H and O–H groups in total. The second-order valence-electron chi connectivity index (χ2n) is 10.9. The summed E-state index contributed by atoms with van der Waals surface area (Å²) < 4.78 is 98.1. The van der Waals surface area contributed by atoms with Crippen molar-refractivity contribution in [3.05, 3.63) is 108 Å². The number of alkyl halides is 4. The Hall–Kier alpha value is -5.77. The molecule has 4 aromatic heterocycles. The Balaban J connectivity index is 1.53. The molecule has 0 aliphatic rings. The van der Waals surface area contributed by atoms with Gasteiger partial charge in [-0.25, -0.2) is 36.3 Å². The minimum Gasteiger partial charge on any atom is -0.494 e. The Morgan fingerprint density at radius 1 is 0.843 bits per heavy atom. The van der Waals surface area contributed by atoms with Crippen molar-refractivity contribution in [2.75, 3.05) is 24.7 Å². The van der Waals surface area contributed by atoms with Crippen LogP contribution in [0.2, 0.25) is 0 Å². The summed E-state index contributed by atoms with van der Waals surface area (Å²) in [6.45, 7) is 1.39. The van der Waals surface area contributed by atoms with Gasteiger partial charge in [0, 0.05) is 48.5 Å². The SMILES string of the molecule is CCOc1cc(F)c(Cn2nc(-c3ncc(OCCCO)c(N(c4ccnc(C(F)F)c4)c4ccnc(C(F)F)c4)n3)c3ccccc32)c(F)c1. The van der Waals surface area contributed by atoms with Gasteiger partial charge in [-0.05, 0) is 37.3 Å². The molecule has 0 radical (unpaired) electrons. The number of benzene rings is 2. The zero-order valence-electron chi connectivity index (χ0n) is 26.9. The van der Waals surface area contributed by atoms with Gasteiger partial charge < -0.3 is 14.6 Å². The number of aliphatic hydroxyl groups excluding tert-OH is 1. The van der Waals surface area contributed by atoms with Crippen LogP contribution in [0.15, 0.2) is 79.3 Å². The van der Waals surface area contributed by atoms with Gasteiger partial charge in [0.2, 0.25) is 0 Å². The Kier molecular flexibility index (Phi) is 10.6. The summed E-state index contributed by atoms with van der Waals surface area (Å²) in [5, 5.41) is 14.5. The molecule has 10 nitrogen and oxygen atoms in total. The highest BCUT2D eigenvalue weighted by molar-refractivity contribution is 5.92. The van der Waals surface area contributed by atoms with E-state index in [0.29, 0.717) is 10.9 Å². The third-order valence-corrected chi connectivity index (χ3v) is 7.60. The topological polar surface area (TPSA) is 111 Å². The predicted octanol–water partition coefficient (Wildman–Crippen LogP) is 8.11. The third kappa shape index (κ3) is 7.55. The van der Waals surface area contributed by atoms with Crippen molar-refractivity contribution < 1.29 is 40.9 Å². The monoisotopic (exact) mass is 709 g/mol. The molecule has 0 bridgehead atoms. The number of aliphatic hydroxyl groups is 1. The van der Waals surface area contributed by atoms with Gasteiger partial charge in [-0.15, -0.1) is 0 Å². The van der Waals surface area contributed by atoms with Crippen LogP contribution in [0.4, 0.5) is 43.5 Å². The quantitative estimate of drug-likeness (QED) is 0.0886. The van der Waals surface area contributed by atoms with E-state index >= 15 is 8.78 Å². The van der Waals surface area contributed by atoms with Crippen LogP contribution in [0.5, 0.6) is 11.5 Å². The van der Waals surface area contributed by atoms with E-state index in [9.17, 15) is 22.7 Å². The van der Waals surface area contributed by atoms with E-state index in [1.54, 1.807) is 31.2 Å². The minimum atomic E-state index is -2.96. The molecule has 0 saturated carbocycles. The number of para-hydroxylation sites is 1. The smallest absolute Gasteiger partial charge is 0.280 e. The Bertz CT molecular complexity index is 2070. The first kappa shape index (κ1) is 35.1. The van der Waals surface area contributed by atoms with Crippen molar-refractivity contribution in [2.45, 2.75) is 32.7 Å². The molecule has 0 amide bonds. The third-order valence-electron chi connectivity index (χ3n) is 7.60. The molecule has 0 spiro atoms. The average Bonchev–Trinajstić information content (AvgIpc) is 3.49. The van der Waals surface area contributed by atoms with Gasteiger partial charge >= 0.3 is 0 Å². The summed E-state index contributed by atoms with van der Waals surface area (Å²) in [7, 11) is 0. The Morgan fingerprint density at radius 3 is 2.10 bits per heavy atom. The number of ether oxygens (including phenoxy) is 2. The lowest BCUT2D eigenvalue weighted by atomic mass is 10.1. The molecule has 51 heavy (non-hydrogen) atoms. The van der Waals surface area contributed by atoms with Gasteiger partial charge in [0.15, 0.2) is 17.4 Å². The summed E-state index contributed by atoms with van der Waals surface area (Å²) >= 11 is 0. The molecular weight excluding hydrogens is 680 g/mol. The van der Waals surface area contributed by atoms with Crippen molar-refractivity contribution in [3.8, 4) is 23.0 Å². The maximum Gasteiger partial charge on any atom is 0.280 e. The molecule has 6 aromatic rings.